The van der Waals surface area contributed by atoms with Crippen LogP contribution in [0.1, 0.15) is 32.2 Å². The van der Waals surface area contributed by atoms with Gasteiger partial charge in [-0.15, -0.1) is 0 Å². The minimum Gasteiger partial charge on any atom is -0.368 e. The van der Waals surface area contributed by atoms with Crippen molar-refractivity contribution in [2.75, 3.05) is 6.61 Å². The first-order valence-corrected chi connectivity index (χ1v) is 7.55. The second kappa shape index (κ2) is 6.30. The Bertz CT molecular complexity index is 616. The molecule has 2 rings (SSSR count). The van der Waals surface area contributed by atoms with E-state index in [1.807, 2.05) is 52.0 Å². The fourth-order valence-electron chi connectivity index (χ4n) is 2.06. The van der Waals surface area contributed by atoms with E-state index in [1.54, 1.807) is 0 Å². The normalized spacial score (nSPS) is 11.7. The highest BCUT2D eigenvalue weighted by Crippen LogP contribution is 2.34. The molecule has 5 heteroatoms. The summed E-state index contributed by atoms with van der Waals surface area (Å²) in [6.45, 7) is 8.29. The van der Waals surface area contributed by atoms with Gasteiger partial charge in [-0.1, -0.05) is 53.0 Å². The molecule has 0 unspecified atom stereocenters. The van der Waals surface area contributed by atoms with Crippen molar-refractivity contribution >= 4 is 23.2 Å². The minimum absolute atomic E-state index is 0.335. The lowest BCUT2D eigenvalue weighted by molar-refractivity contribution is -0.0207. The maximum Gasteiger partial charge on any atom is 0.163 e. The van der Waals surface area contributed by atoms with Crippen molar-refractivity contribution in [1.82, 2.24) is 9.97 Å². The van der Waals surface area contributed by atoms with E-state index in [0.29, 0.717) is 28.3 Å². The summed E-state index contributed by atoms with van der Waals surface area (Å²) < 4.78 is 5.64. The summed E-state index contributed by atoms with van der Waals surface area (Å²) in [5, 5.41) is 0.670. The summed E-state index contributed by atoms with van der Waals surface area (Å²) in [5.74, 6) is 0.482. The molecule has 3 nitrogen and oxygen atoms in total. The van der Waals surface area contributed by atoms with E-state index < -0.39 is 5.60 Å². The average Bonchev–Trinajstić information content (AvgIpc) is 2.40. The van der Waals surface area contributed by atoms with Crippen LogP contribution in [0.25, 0.3) is 11.1 Å². The summed E-state index contributed by atoms with van der Waals surface area (Å²) >= 11 is 12.6. The standard InChI is InChI=1S/C16H18Cl2N2O/c1-5-21-16(3,4)15-19-13(17)12(14(18)20-15)11-8-6-10(2)7-9-11/h6-9H,5H2,1-4H3. The van der Waals surface area contributed by atoms with Crippen molar-refractivity contribution in [3.63, 3.8) is 0 Å². The molecule has 2 aromatic rings. The number of aryl methyl sites for hydroxylation is 1. The van der Waals surface area contributed by atoms with Crippen LogP contribution < -0.4 is 0 Å². The van der Waals surface area contributed by atoms with Gasteiger partial charge in [-0.2, -0.15) is 0 Å². The third kappa shape index (κ3) is 3.54. The van der Waals surface area contributed by atoms with Crippen LogP contribution >= 0.6 is 23.2 Å². The summed E-state index contributed by atoms with van der Waals surface area (Å²) in [5.41, 5.74) is 2.08. The first-order valence-electron chi connectivity index (χ1n) is 6.79. The minimum atomic E-state index is -0.631. The van der Waals surface area contributed by atoms with E-state index >= 15 is 0 Å². The Hall–Kier alpha value is -1.16. The van der Waals surface area contributed by atoms with Gasteiger partial charge in [0.2, 0.25) is 0 Å². The Morgan fingerprint density at radius 2 is 1.57 bits per heavy atom. The van der Waals surface area contributed by atoms with Crippen LogP contribution in [0.4, 0.5) is 0 Å². The van der Waals surface area contributed by atoms with Gasteiger partial charge in [0, 0.05) is 6.61 Å². The van der Waals surface area contributed by atoms with Crippen LogP contribution in [0.5, 0.6) is 0 Å². The monoisotopic (exact) mass is 324 g/mol. The molecule has 0 amide bonds. The average molecular weight is 325 g/mol. The third-order valence-electron chi connectivity index (χ3n) is 3.20. The van der Waals surface area contributed by atoms with Gasteiger partial charge in [0.25, 0.3) is 0 Å². The molecule has 0 spiro atoms. The van der Waals surface area contributed by atoms with E-state index in [1.165, 1.54) is 5.56 Å². The summed E-state index contributed by atoms with van der Waals surface area (Å²) in [6.07, 6.45) is 0. The van der Waals surface area contributed by atoms with E-state index in [9.17, 15) is 0 Å². The highest BCUT2D eigenvalue weighted by molar-refractivity contribution is 6.37. The van der Waals surface area contributed by atoms with Crippen molar-refractivity contribution in [2.24, 2.45) is 0 Å². The maximum absolute atomic E-state index is 6.32. The first kappa shape index (κ1) is 16.2. The van der Waals surface area contributed by atoms with Gasteiger partial charge >= 0.3 is 0 Å². The largest absolute Gasteiger partial charge is 0.368 e. The fourth-order valence-corrected chi connectivity index (χ4v) is 2.67. The Labute approximate surface area is 135 Å². The van der Waals surface area contributed by atoms with Crippen molar-refractivity contribution in [1.29, 1.82) is 0 Å². The van der Waals surface area contributed by atoms with E-state index in [2.05, 4.69) is 9.97 Å². The Kier molecular flexibility index (Phi) is 4.87. The van der Waals surface area contributed by atoms with E-state index in [-0.39, 0.29) is 0 Å². The van der Waals surface area contributed by atoms with Gasteiger partial charge < -0.3 is 4.74 Å². The lowest BCUT2D eigenvalue weighted by atomic mass is 10.1. The quantitative estimate of drug-likeness (QED) is 0.740. The van der Waals surface area contributed by atoms with Crippen molar-refractivity contribution in [3.05, 3.63) is 46.0 Å². The van der Waals surface area contributed by atoms with Crippen molar-refractivity contribution < 1.29 is 4.74 Å². The van der Waals surface area contributed by atoms with Gasteiger partial charge in [0.15, 0.2) is 5.82 Å². The van der Waals surface area contributed by atoms with Gasteiger partial charge in [-0.3, -0.25) is 0 Å². The zero-order valence-electron chi connectivity index (χ0n) is 12.6. The molecule has 0 saturated carbocycles. The topological polar surface area (TPSA) is 35.0 Å². The number of hydrogen-bond acceptors (Lipinski definition) is 3. The second-order valence-electron chi connectivity index (χ2n) is 5.31. The highest BCUT2D eigenvalue weighted by Gasteiger charge is 2.27. The first-order chi connectivity index (χ1) is 9.85. The summed E-state index contributed by atoms with van der Waals surface area (Å²) in [6, 6.07) is 7.92. The second-order valence-corrected chi connectivity index (χ2v) is 6.03. The number of benzene rings is 1. The summed E-state index contributed by atoms with van der Waals surface area (Å²) in [7, 11) is 0. The van der Waals surface area contributed by atoms with Crippen LogP contribution in [0.2, 0.25) is 10.3 Å². The number of halogens is 2. The van der Waals surface area contributed by atoms with E-state index in [0.717, 1.165) is 5.56 Å². The molecular formula is C16H18Cl2N2O. The molecule has 1 heterocycles. The molecule has 112 valence electrons. The predicted molar refractivity (Wildman–Crippen MR) is 86.9 cm³/mol. The van der Waals surface area contributed by atoms with Crippen LogP contribution in [0.15, 0.2) is 24.3 Å². The maximum atomic E-state index is 6.32. The number of hydrogen-bond donors (Lipinski definition) is 0. The van der Waals surface area contributed by atoms with Gasteiger partial charge in [0.1, 0.15) is 15.9 Å². The molecule has 0 fully saturated rings. The van der Waals surface area contributed by atoms with Crippen LogP contribution in [-0.2, 0) is 10.3 Å². The zero-order chi connectivity index (χ0) is 15.6. The van der Waals surface area contributed by atoms with Crippen LogP contribution in [0.3, 0.4) is 0 Å². The lowest BCUT2D eigenvalue weighted by Crippen LogP contribution is -2.25. The number of aromatic nitrogens is 2. The Morgan fingerprint density at radius 1 is 1.05 bits per heavy atom. The SMILES string of the molecule is CCOC(C)(C)c1nc(Cl)c(-c2ccc(C)cc2)c(Cl)n1. The number of ether oxygens (including phenoxy) is 1. The third-order valence-corrected chi connectivity index (χ3v) is 3.75. The molecule has 0 aliphatic carbocycles. The molecular weight excluding hydrogens is 307 g/mol. The molecule has 0 bridgehead atoms. The molecule has 0 atom stereocenters. The molecule has 0 radical (unpaired) electrons. The predicted octanol–water partition coefficient (Wildman–Crippen LogP) is 5.03. The van der Waals surface area contributed by atoms with Crippen molar-refractivity contribution in [2.45, 2.75) is 33.3 Å². The van der Waals surface area contributed by atoms with Gasteiger partial charge in [0.05, 0.1) is 5.56 Å². The highest BCUT2D eigenvalue weighted by atomic mass is 35.5. The molecule has 0 aliphatic heterocycles. The lowest BCUT2D eigenvalue weighted by Gasteiger charge is -2.23. The van der Waals surface area contributed by atoms with Crippen LogP contribution in [-0.4, -0.2) is 16.6 Å². The summed E-state index contributed by atoms with van der Waals surface area (Å²) in [4.78, 5) is 8.74. The smallest absolute Gasteiger partial charge is 0.163 e. The molecule has 1 aromatic carbocycles. The molecule has 1 aromatic heterocycles. The van der Waals surface area contributed by atoms with Gasteiger partial charge in [-0.05, 0) is 33.3 Å². The van der Waals surface area contributed by atoms with Gasteiger partial charge in [-0.25, -0.2) is 9.97 Å². The van der Waals surface area contributed by atoms with E-state index in [4.69, 9.17) is 27.9 Å². The number of rotatable bonds is 4. The zero-order valence-corrected chi connectivity index (χ0v) is 14.1. The molecule has 0 aliphatic rings. The Morgan fingerprint density at radius 3 is 2.05 bits per heavy atom. The van der Waals surface area contributed by atoms with Crippen LogP contribution in [0, 0.1) is 6.92 Å². The molecule has 21 heavy (non-hydrogen) atoms. The molecule has 0 saturated heterocycles. The fraction of sp³-hybridized carbons (Fsp3) is 0.375. The number of nitrogens with zero attached hydrogens (tertiary/aromatic N) is 2. The Balaban J connectivity index is 2.49. The molecule has 0 N–H and O–H groups in total. The van der Waals surface area contributed by atoms with Crippen molar-refractivity contribution in [3.8, 4) is 11.1 Å².